The van der Waals surface area contributed by atoms with E-state index in [2.05, 4.69) is 10.3 Å². The largest absolute Gasteiger partial charge is 0.496 e. The first-order valence-corrected chi connectivity index (χ1v) is 6.06. The van der Waals surface area contributed by atoms with E-state index >= 15 is 0 Å². The standard InChI is InChI=1S/C14H13ClN2O2/c1-9-12(4-3-7-16-9)17-14(18)11-8-10(15)5-6-13(11)19-2/h3-8H,1-2H3,(H,17,18). The average Bonchev–Trinajstić information content (AvgIpc) is 2.41. The van der Waals surface area contributed by atoms with Gasteiger partial charge in [-0.05, 0) is 37.3 Å². The summed E-state index contributed by atoms with van der Waals surface area (Å²) >= 11 is 5.90. The first-order valence-electron chi connectivity index (χ1n) is 5.68. The van der Waals surface area contributed by atoms with Crippen molar-refractivity contribution in [2.24, 2.45) is 0 Å². The predicted molar refractivity (Wildman–Crippen MR) is 74.9 cm³/mol. The van der Waals surface area contributed by atoms with E-state index in [1.165, 1.54) is 7.11 Å². The second kappa shape index (κ2) is 5.71. The number of carbonyl (C=O) groups excluding carboxylic acids is 1. The number of amides is 1. The van der Waals surface area contributed by atoms with Gasteiger partial charge in [0, 0.05) is 11.2 Å². The van der Waals surface area contributed by atoms with Crippen LogP contribution in [0.3, 0.4) is 0 Å². The number of hydrogen-bond acceptors (Lipinski definition) is 3. The Kier molecular flexibility index (Phi) is 4.02. The highest BCUT2D eigenvalue weighted by Gasteiger charge is 2.14. The molecule has 0 bridgehead atoms. The Hall–Kier alpha value is -2.07. The molecule has 1 aromatic heterocycles. The molecule has 98 valence electrons. The molecule has 0 saturated carbocycles. The molecule has 2 aromatic rings. The Labute approximate surface area is 116 Å². The van der Waals surface area contributed by atoms with Crippen molar-refractivity contribution in [3.8, 4) is 5.75 Å². The fourth-order valence-electron chi connectivity index (χ4n) is 1.66. The zero-order valence-corrected chi connectivity index (χ0v) is 11.4. The summed E-state index contributed by atoms with van der Waals surface area (Å²) in [5.41, 5.74) is 1.80. The van der Waals surface area contributed by atoms with Crippen LogP contribution in [0, 0.1) is 6.92 Å². The third-order valence-corrected chi connectivity index (χ3v) is 2.90. The van der Waals surface area contributed by atoms with E-state index in [4.69, 9.17) is 16.3 Å². The van der Waals surface area contributed by atoms with Gasteiger partial charge in [-0.2, -0.15) is 0 Å². The number of nitrogens with zero attached hydrogens (tertiary/aromatic N) is 1. The van der Waals surface area contributed by atoms with E-state index in [9.17, 15) is 4.79 Å². The molecule has 19 heavy (non-hydrogen) atoms. The van der Waals surface area contributed by atoms with Crippen LogP contribution in [0.5, 0.6) is 5.75 Å². The molecule has 0 fully saturated rings. The number of anilines is 1. The molecule has 1 amide bonds. The minimum absolute atomic E-state index is 0.282. The highest BCUT2D eigenvalue weighted by Crippen LogP contribution is 2.24. The van der Waals surface area contributed by atoms with Crippen LogP contribution in [0.2, 0.25) is 5.02 Å². The number of aromatic nitrogens is 1. The summed E-state index contributed by atoms with van der Waals surface area (Å²) in [4.78, 5) is 16.3. The van der Waals surface area contributed by atoms with Crippen molar-refractivity contribution in [2.45, 2.75) is 6.92 Å². The molecule has 0 atom stereocenters. The number of ether oxygens (including phenoxy) is 1. The van der Waals surface area contributed by atoms with Crippen molar-refractivity contribution >= 4 is 23.2 Å². The molecule has 0 saturated heterocycles. The van der Waals surface area contributed by atoms with Gasteiger partial charge in [0.2, 0.25) is 0 Å². The van der Waals surface area contributed by atoms with Crippen molar-refractivity contribution in [3.05, 3.63) is 52.8 Å². The lowest BCUT2D eigenvalue weighted by atomic mass is 10.2. The van der Waals surface area contributed by atoms with Crippen molar-refractivity contribution in [3.63, 3.8) is 0 Å². The topological polar surface area (TPSA) is 51.2 Å². The molecule has 2 rings (SSSR count). The quantitative estimate of drug-likeness (QED) is 0.936. The van der Waals surface area contributed by atoms with E-state index in [1.807, 2.05) is 6.92 Å². The third kappa shape index (κ3) is 3.03. The highest BCUT2D eigenvalue weighted by molar-refractivity contribution is 6.31. The lowest BCUT2D eigenvalue weighted by Gasteiger charge is -2.10. The van der Waals surface area contributed by atoms with Crippen LogP contribution in [-0.2, 0) is 0 Å². The summed E-state index contributed by atoms with van der Waals surface area (Å²) in [6.07, 6.45) is 1.67. The van der Waals surface area contributed by atoms with E-state index in [1.54, 1.807) is 36.5 Å². The Balaban J connectivity index is 2.30. The van der Waals surface area contributed by atoms with Gasteiger partial charge in [0.05, 0.1) is 24.1 Å². The van der Waals surface area contributed by atoms with Crippen LogP contribution < -0.4 is 10.1 Å². The van der Waals surface area contributed by atoms with Crippen LogP contribution in [-0.4, -0.2) is 18.0 Å². The summed E-state index contributed by atoms with van der Waals surface area (Å²) in [6.45, 7) is 1.82. The van der Waals surface area contributed by atoms with Gasteiger partial charge in [-0.3, -0.25) is 9.78 Å². The number of hydrogen-bond donors (Lipinski definition) is 1. The zero-order valence-electron chi connectivity index (χ0n) is 10.6. The van der Waals surface area contributed by atoms with Gasteiger partial charge in [-0.15, -0.1) is 0 Å². The van der Waals surface area contributed by atoms with E-state index < -0.39 is 0 Å². The predicted octanol–water partition coefficient (Wildman–Crippen LogP) is 3.30. The monoisotopic (exact) mass is 276 g/mol. The Bertz CT molecular complexity index is 614. The molecule has 0 aliphatic carbocycles. The van der Waals surface area contributed by atoms with Crippen LogP contribution >= 0.6 is 11.6 Å². The summed E-state index contributed by atoms with van der Waals surface area (Å²) in [5, 5.41) is 3.27. The molecule has 4 nitrogen and oxygen atoms in total. The highest BCUT2D eigenvalue weighted by atomic mass is 35.5. The average molecular weight is 277 g/mol. The van der Waals surface area contributed by atoms with Gasteiger partial charge in [0.25, 0.3) is 5.91 Å². The number of benzene rings is 1. The molecule has 0 spiro atoms. The van der Waals surface area contributed by atoms with Gasteiger partial charge in [-0.25, -0.2) is 0 Å². The Morgan fingerprint density at radius 3 is 2.84 bits per heavy atom. The minimum atomic E-state index is -0.282. The van der Waals surface area contributed by atoms with Crippen LogP contribution in [0.25, 0.3) is 0 Å². The maximum Gasteiger partial charge on any atom is 0.259 e. The molecule has 1 aromatic carbocycles. The Morgan fingerprint density at radius 2 is 2.16 bits per heavy atom. The molecular formula is C14H13ClN2O2. The molecule has 0 aliphatic rings. The van der Waals surface area contributed by atoms with Crippen LogP contribution in [0.4, 0.5) is 5.69 Å². The number of rotatable bonds is 3. The van der Waals surface area contributed by atoms with Crippen molar-refractivity contribution in [1.82, 2.24) is 4.98 Å². The molecular weight excluding hydrogens is 264 g/mol. The van der Waals surface area contributed by atoms with Gasteiger partial charge in [0.15, 0.2) is 0 Å². The number of halogens is 1. The SMILES string of the molecule is COc1ccc(Cl)cc1C(=O)Nc1cccnc1C. The normalized spacial score (nSPS) is 10.1. The number of aryl methyl sites for hydroxylation is 1. The van der Waals surface area contributed by atoms with E-state index in [0.717, 1.165) is 5.69 Å². The van der Waals surface area contributed by atoms with Crippen LogP contribution in [0.15, 0.2) is 36.5 Å². The molecule has 0 aliphatic heterocycles. The first-order chi connectivity index (χ1) is 9.11. The smallest absolute Gasteiger partial charge is 0.259 e. The molecule has 1 N–H and O–H groups in total. The number of pyridine rings is 1. The Morgan fingerprint density at radius 1 is 1.37 bits per heavy atom. The number of methoxy groups -OCH3 is 1. The van der Waals surface area contributed by atoms with Gasteiger partial charge in [-0.1, -0.05) is 11.6 Å². The summed E-state index contributed by atoms with van der Waals surface area (Å²) in [7, 11) is 1.51. The maximum absolute atomic E-state index is 12.2. The van der Waals surface area contributed by atoms with E-state index in [0.29, 0.717) is 22.0 Å². The summed E-state index contributed by atoms with van der Waals surface area (Å²) in [6, 6.07) is 8.45. The second-order valence-corrected chi connectivity index (χ2v) is 4.37. The van der Waals surface area contributed by atoms with Gasteiger partial charge in [0.1, 0.15) is 5.75 Å². The van der Waals surface area contributed by atoms with Gasteiger partial charge < -0.3 is 10.1 Å². The number of carbonyl (C=O) groups is 1. The first kappa shape index (κ1) is 13.4. The van der Waals surface area contributed by atoms with Crippen molar-refractivity contribution < 1.29 is 9.53 Å². The summed E-state index contributed by atoms with van der Waals surface area (Å²) < 4.78 is 5.15. The molecule has 0 radical (unpaired) electrons. The lowest BCUT2D eigenvalue weighted by Crippen LogP contribution is -2.14. The molecule has 1 heterocycles. The zero-order chi connectivity index (χ0) is 13.8. The van der Waals surface area contributed by atoms with Crippen molar-refractivity contribution in [2.75, 3.05) is 12.4 Å². The van der Waals surface area contributed by atoms with E-state index in [-0.39, 0.29) is 5.91 Å². The molecule has 5 heteroatoms. The summed E-state index contributed by atoms with van der Waals surface area (Å²) in [5.74, 6) is 0.193. The van der Waals surface area contributed by atoms with Gasteiger partial charge >= 0.3 is 0 Å². The second-order valence-electron chi connectivity index (χ2n) is 3.94. The molecule has 0 unspecified atom stereocenters. The van der Waals surface area contributed by atoms with Crippen molar-refractivity contribution in [1.29, 1.82) is 0 Å². The number of nitrogens with one attached hydrogen (secondary N) is 1. The third-order valence-electron chi connectivity index (χ3n) is 2.66. The maximum atomic E-state index is 12.2. The minimum Gasteiger partial charge on any atom is -0.496 e. The van der Waals surface area contributed by atoms with Crippen LogP contribution in [0.1, 0.15) is 16.1 Å². The fourth-order valence-corrected chi connectivity index (χ4v) is 1.84. The lowest BCUT2D eigenvalue weighted by molar-refractivity contribution is 0.102. The fraction of sp³-hybridized carbons (Fsp3) is 0.143.